The number of aromatic hydroxyl groups is 1. The van der Waals surface area contributed by atoms with Gasteiger partial charge >= 0.3 is 0 Å². The van der Waals surface area contributed by atoms with Gasteiger partial charge in [-0.3, -0.25) is 9.97 Å². The van der Waals surface area contributed by atoms with E-state index in [-0.39, 0.29) is 5.75 Å². The van der Waals surface area contributed by atoms with Gasteiger partial charge in [0.05, 0.1) is 16.1 Å². The number of benzene rings is 1. The molecule has 3 aromatic heterocycles. The Kier molecular flexibility index (Phi) is 4.79. The zero-order valence-corrected chi connectivity index (χ0v) is 15.5. The third-order valence-corrected chi connectivity index (χ3v) is 4.73. The van der Waals surface area contributed by atoms with Gasteiger partial charge < -0.3 is 10.4 Å². The summed E-state index contributed by atoms with van der Waals surface area (Å²) in [4.78, 5) is 12.8. The van der Waals surface area contributed by atoms with Crippen LogP contribution < -0.4 is 5.32 Å². The maximum atomic E-state index is 10.9. The van der Waals surface area contributed by atoms with E-state index in [2.05, 4.69) is 20.3 Å². The summed E-state index contributed by atoms with van der Waals surface area (Å²) in [6.07, 6.45) is 6.59. The van der Waals surface area contributed by atoms with Crippen molar-refractivity contribution in [3.8, 4) is 5.75 Å². The van der Waals surface area contributed by atoms with Gasteiger partial charge in [0.25, 0.3) is 0 Å². The maximum Gasteiger partial charge on any atom is 0.147 e. The van der Waals surface area contributed by atoms with Gasteiger partial charge in [-0.25, -0.2) is 4.98 Å². The fourth-order valence-corrected chi connectivity index (χ4v) is 3.30. The molecule has 1 unspecified atom stereocenters. The first-order chi connectivity index (χ1) is 13.1. The highest BCUT2D eigenvalue weighted by atomic mass is 35.5. The second-order valence-corrected chi connectivity index (χ2v) is 6.76. The smallest absolute Gasteiger partial charge is 0.147 e. The molecule has 0 fully saturated rings. The molecule has 4 rings (SSSR count). The van der Waals surface area contributed by atoms with Gasteiger partial charge in [0.15, 0.2) is 0 Å². The summed E-state index contributed by atoms with van der Waals surface area (Å²) in [5.74, 6) is 0.662. The van der Waals surface area contributed by atoms with Gasteiger partial charge in [-0.2, -0.15) is 0 Å². The normalized spacial score (nSPS) is 12.1. The lowest BCUT2D eigenvalue weighted by atomic mass is 9.97. The molecule has 0 bridgehead atoms. The first-order valence-corrected chi connectivity index (χ1v) is 8.93. The van der Waals surface area contributed by atoms with Crippen molar-refractivity contribution in [2.24, 2.45) is 0 Å². The highest BCUT2D eigenvalue weighted by Gasteiger charge is 2.22. The molecule has 0 saturated heterocycles. The lowest BCUT2D eigenvalue weighted by Crippen LogP contribution is -2.14. The summed E-state index contributed by atoms with van der Waals surface area (Å²) >= 11 is 12.4. The number of nitrogens with one attached hydrogen (secondary N) is 1. The van der Waals surface area contributed by atoms with E-state index >= 15 is 0 Å². The van der Waals surface area contributed by atoms with Gasteiger partial charge in [0, 0.05) is 35.7 Å². The number of nitrogens with zero attached hydrogens (tertiary/aromatic N) is 3. The predicted molar refractivity (Wildman–Crippen MR) is 107 cm³/mol. The first kappa shape index (κ1) is 17.5. The molecule has 1 aromatic carbocycles. The third-order valence-electron chi connectivity index (χ3n) is 4.19. The molecule has 1 atom stereocenters. The van der Waals surface area contributed by atoms with Gasteiger partial charge in [-0.05, 0) is 42.0 Å². The molecular weight excluding hydrogens is 383 g/mol. The number of rotatable bonds is 4. The number of halogens is 2. The summed E-state index contributed by atoms with van der Waals surface area (Å²) in [7, 11) is 0. The summed E-state index contributed by atoms with van der Waals surface area (Å²) < 4.78 is 0. The van der Waals surface area contributed by atoms with Crippen molar-refractivity contribution in [2.75, 3.05) is 5.32 Å². The van der Waals surface area contributed by atoms with Crippen LogP contribution in [-0.4, -0.2) is 20.1 Å². The van der Waals surface area contributed by atoms with Gasteiger partial charge in [0.2, 0.25) is 0 Å². The van der Waals surface area contributed by atoms with E-state index in [1.54, 1.807) is 49.1 Å². The average Bonchev–Trinajstić information content (AvgIpc) is 2.71. The Hall–Kier alpha value is -2.89. The van der Waals surface area contributed by atoms with E-state index in [1.807, 2.05) is 18.2 Å². The second kappa shape index (κ2) is 7.39. The van der Waals surface area contributed by atoms with Crippen LogP contribution >= 0.6 is 23.2 Å². The highest BCUT2D eigenvalue weighted by Crippen LogP contribution is 2.39. The topological polar surface area (TPSA) is 70.9 Å². The number of fused-ring (bicyclic) bond motifs is 1. The van der Waals surface area contributed by atoms with Crippen molar-refractivity contribution in [1.29, 1.82) is 0 Å². The molecule has 7 heteroatoms. The molecule has 0 spiro atoms. The fourth-order valence-electron chi connectivity index (χ4n) is 2.92. The van der Waals surface area contributed by atoms with Crippen molar-refractivity contribution in [3.63, 3.8) is 0 Å². The summed E-state index contributed by atoms with van der Waals surface area (Å²) in [6.45, 7) is 0. The first-order valence-electron chi connectivity index (χ1n) is 8.17. The van der Waals surface area contributed by atoms with Crippen molar-refractivity contribution in [1.82, 2.24) is 15.0 Å². The molecule has 0 aliphatic heterocycles. The Labute approximate surface area is 165 Å². The standard InChI is InChI=1S/C20H14Cl2N4O/c21-13-5-6-17(25-11-13)26-18(12-3-1-7-23-10-12)15-9-16(22)14-4-2-8-24-19(14)20(15)27/h1-11,18,27H,(H,25,26). The quantitative estimate of drug-likeness (QED) is 0.493. The number of phenolic OH excluding ortho intramolecular Hbond substituents is 1. The second-order valence-electron chi connectivity index (χ2n) is 5.92. The van der Waals surface area contributed by atoms with E-state index < -0.39 is 6.04 Å². The Bertz CT molecular complexity index is 1090. The van der Waals surface area contributed by atoms with Crippen LogP contribution in [0, 0.1) is 0 Å². The fraction of sp³-hybridized carbons (Fsp3) is 0.0500. The Morgan fingerprint density at radius 2 is 1.81 bits per heavy atom. The molecule has 0 aliphatic rings. The molecule has 0 amide bonds. The molecule has 0 radical (unpaired) electrons. The SMILES string of the molecule is Oc1c(C(Nc2ccc(Cl)cn2)c2cccnc2)cc(Cl)c2cccnc12. The number of pyridine rings is 3. The average molecular weight is 397 g/mol. The van der Waals surface area contributed by atoms with Crippen LogP contribution in [0.4, 0.5) is 5.82 Å². The van der Waals surface area contributed by atoms with Crippen LogP contribution in [-0.2, 0) is 0 Å². The minimum atomic E-state index is -0.434. The lowest BCUT2D eigenvalue weighted by molar-refractivity contribution is 0.471. The van der Waals surface area contributed by atoms with E-state index in [9.17, 15) is 5.11 Å². The lowest BCUT2D eigenvalue weighted by Gasteiger charge is -2.22. The third kappa shape index (κ3) is 3.52. The molecule has 27 heavy (non-hydrogen) atoms. The molecule has 0 saturated carbocycles. The van der Waals surface area contributed by atoms with E-state index in [0.29, 0.717) is 32.3 Å². The number of phenols is 1. The van der Waals surface area contributed by atoms with Crippen LogP contribution in [0.25, 0.3) is 10.9 Å². The number of anilines is 1. The summed E-state index contributed by atoms with van der Waals surface area (Å²) in [5, 5.41) is 16.0. The van der Waals surface area contributed by atoms with Crippen molar-refractivity contribution < 1.29 is 5.11 Å². The molecule has 2 N–H and O–H groups in total. The van der Waals surface area contributed by atoms with Crippen LogP contribution in [0.1, 0.15) is 17.2 Å². The van der Waals surface area contributed by atoms with Crippen molar-refractivity contribution >= 4 is 39.9 Å². The minimum absolute atomic E-state index is 0.0605. The van der Waals surface area contributed by atoms with Crippen LogP contribution in [0.3, 0.4) is 0 Å². The Morgan fingerprint density at radius 3 is 2.56 bits per heavy atom. The molecule has 4 aromatic rings. The molecule has 5 nitrogen and oxygen atoms in total. The van der Waals surface area contributed by atoms with E-state index in [1.165, 1.54) is 0 Å². The monoisotopic (exact) mass is 396 g/mol. The molecular formula is C20H14Cl2N4O. The minimum Gasteiger partial charge on any atom is -0.505 e. The van der Waals surface area contributed by atoms with E-state index in [0.717, 1.165) is 5.56 Å². The number of hydrogen-bond acceptors (Lipinski definition) is 5. The summed E-state index contributed by atoms with van der Waals surface area (Å²) in [5.41, 5.74) is 1.87. The maximum absolute atomic E-state index is 10.9. The Morgan fingerprint density at radius 1 is 0.963 bits per heavy atom. The van der Waals surface area contributed by atoms with Crippen LogP contribution in [0.2, 0.25) is 10.0 Å². The highest BCUT2D eigenvalue weighted by molar-refractivity contribution is 6.35. The van der Waals surface area contributed by atoms with Crippen LogP contribution in [0.5, 0.6) is 5.75 Å². The van der Waals surface area contributed by atoms with Crippen molar-refractivity contribution in [3.05, 3.63) is 88.4 Å². The summed E-state index contributed by atoms with van der Waals surface area (Å²) in [6, 6.07) is 12.2. The molecule has 134 valence electrons. The Balaban J connectivity index is 1.87. The zero-order valence-electron chi connectivity index (χ0n) is 14.0. The largest absolute Gasteiger partial charge is 0.505 e. The van der Waals surface area contributed by atoms with Gasteiger partial charge in [0.1, 0.15) is 17.1 Å². The van der Waals surface area contributed by atoms with Crippen molar-refractivity contribution in [2.45, 2.75) is 6.04 Å². The van der Waals surface area contributed by atoms with E-state index in [4.69, 9.17) is 23.2 Å². The molecule has 0 aliphatic carbocycles. The van der Waals surface area contributed by atoms with Gasteiger partial charge in [-0.1, -0.05) is 29.3 Å². The zero-order chi connectivity index (χ0) is 18.8. The number of hydrogen-bond donors (Lipinski definition) is 2. The molecule has 3 heterocycles. The number of aromatic nitrogens is 3. The predicted octanol–water partition coefficient (Wildman–Crippen LogP) is 5.24. The van der Waals surface area contributed by atoms with Crippen LogP contribution in [0.15, 0.2) is 67.3 Å². The van der Waals surface area contributed by atoms with Gasteiger partial charge in [-0.15, -0.1) is 0 Å².